The second-order valence-corrected chi connectivity index (χ2v) is 3.94. The Hall–Kier alpha value is -1.91. The van der Waals surface area contributed by atoms with Gasteiger partial charge in [-0.2, -0.15) is 9.58 Å². The lowest BCUT2D eigenvalue weighted by molar-refractivity contribution is -0.547. The van der Waals surface area contributed by atoms with E-state index in [1.165, 1.54) is 7.11 Å². The summed E-state index contributed by atoms with van der Waals surface area (Å²) in [5.41, 5.74) is 19.5. The van der Waals surface area contributed by atoms with Gasteiger partial charge < -0.3 is 20.5 Å². The molecule has 1 heterocycles. The first-order valence-electron chi connectivity index (χ1n) is 5.66. The molecule has 0 bridgehead atoms. The molecule has 0 aromatic carbocycles. The number of ether oxygens (including phenoxy) is 2. The fourth-order valence-corrected chi connectivity index (χ4v) is 2.10. The summed E-state index contributed by atoms with van der Waals surface area (Å²) < 4.78 is 12.5. The monoisotopic (exact) mass is 248 g/mol. The zero-order valence-corrected chi connectivity index (χ0v) is 10.1. The minimum absolute atomic E-state index is 0.308. The molecule has 0 aromatic rings. The van der Waals surface area contributed by atoms with E-state index in [0.29, 0.717) is 24.6 Å². The van der Waals surface area contributed by atoms with Crippen LogP contribution in [0, 0.1) is 0 Å². The molecular formula is C11H14N5O2+. The van der Waals surface area contributed by atoms with Gasteiger partial charge in [0.1, 0.15) is 13.2 Å². The van der Waals surface area contributed by atoms with E-state index in [4.69, 9.17) is 20.5 Å². The summed E-state index contributed by atoms with van der Waals surface area (Å²) >= 11 is 0. The lowest BCUT2D eigenvalue weighted by atomic mass is 9.97. The second-order valence-electron chi connectivity index (χ2n) is 3.94. The quantitative estimate of drug-likeness (QED) is 0.352. The Morgan fingerprint density at radius 1 is 1.28 bits per heavy atom. The Balaban J connectivity index is 2.49. The smallest absolute Gasteiger partial charge is 0.368 e. The number of hydrogen-bond acceptors (Lipinski definition) is 2. The number of methoxy groups -OCH3 is 1. The van der Waals surface area contributed by atoms with Crippen LogP contribution in [0.4, 0.5) is 0 Å². The molecule has 94 valence electrons. The fourth-order valence-electron chi connectivity index (χ4n) is 2.10. The summed E-state index contributed by atoms with van der Waals surface area (Å²) in [7, 11) is 1.47. The molecule has 1 saturated heterocycles. The van der Waals surface area contributed by atoms with E-state index in [2.05, 4.69) is 14.2 Å². The van der Waals surface area contributed by atoms with Crippen LogP contribution < -0.4 is 0 Å². The van der Waals surface area contributed by atoms with Crippen LogP contribution >= 0.6 is 0 Å². The van der Waals surface area contributed by atoms with Crippen molar-refractivity contribution in [3.8, 4) is 0 Å². The number of hydrogen-bond donors (Lipinski definition) is 0. The molecule has 0 aromatic heterocycles. The SMILES string of the molecule is COC1C(=[N+]=[N-])C=CC(=[N+]2CCOCC2)C1=[N+]=[N-]. The minimum atomic E-state index is -0.664. The van der Waals surface area contributed by atoms with Gasteiger partial charge in [-0.15, -0.1) is 0 Å². The maximum atomic E-state index is 9.17. The van der Waals surface area contributed by atoms with Crippen molar-refractivity contribution in [1.29, 1.82) is 0 Å². The predicted molar refractivity (Wildman–Crippen MR) is 63.0 cm³/mol. The molecule has 0 saturated carbocycles. The van der Waals surface area contributed by atoms with Gasteiger partial charge in [-0.3, -0.25) is 0 Å². The van der Waals surface area contributed by atoms with Crippen molar-refractivity contribution in [2.45, 2.75) is 6.10 Å². The molecule has 0 amide bonds. The molecule has 0 radical (unpaired) electrons. The zero-order chi connectivity index (χ0) is 13.0. The predicted octanol–water partition coefficient (Wildman–Crippen LogP) is -0.604. The van der Waals surface area contributed by atoms with Gasteiger partial charge in [-0.1, -0.05) is 0 Å². The zero-order valence-electron chi connectivity index (χ0n) is 10.1. The first-order chi connectivity index (χ1) is 8.81. The van der Waals surface area contributed by atoms with Gasteiger partial charge in [-0.05, 0) is 0 Å². The van der Waals surface area contributed by atoms with Crippen LogP contribution in [-0.2, 0) is 9.47 Å². The topological polar surface area (TPSA) is 94.3 Å². The molecule has 0 N–H and O–H groups in total. The first kappa shape index (κ1) is 12.5. The highest BCUT2D eigenvalue weighted by Gasteiger charge is 2.45. The van der Waals surface area contributed by atoms with Crippen LogP contribution in [0.25, 0.3) is 11.1 Å². The highest BCUT2D eigenvalue weighted by atomic mass is 16.5. The van der Waals surface area contributed by atoms with Crippen LogP contribution in [0.15, 0.2) is 12.2 Å². The highest BCUT2D eigenvalue weighted by Crippen LogP contribution is 2.07. The average Bonchev–Trinajstić information content (AvgIpc) is 2.46. The van der Waals surface area contributed by atoms with Crippen LogP contribution in [0.2, 0.25) is 0 Å². The van der Waals surface area contributed by atoms with Gasteiger partial charge in [0.25, 0.3) is 11.8 Å². The van der Waals surface area contributed by atoms with E-state index in [9.17, 15) is 0 Å². The fraction of sp³-hybridized carbons (Fsp3) is 0.545. The maximum Gasteiger partial charge on any atom is 0.402 e. The van der Waals surface area contributed by atoms with Crippen LogP contribution in [0.3, 0.4) is 0 Å². The molecule has 1 aliphatic carbocycles. The molecule has 7 nitrogen and oxygen atoms in total. The Morgan fingerprint density at radius 2 is 2.00 bits per heavy atom. The van der Waals surface area contributed by atoms with E-state index in [1.54, 1.807) is 12.2 Å². The van der Waals surface area contributed by atoms with Crippen molar-refractivity contribution in [3.05, 3.63) is 23.2 Å². The van der Waals surface area contributed by atoms with Gasteiger partial charge in [0.15, 0.2) is 13.1 Å². The third kappa shape index (κ3) is 2.20. The number of nitrogens with zero attached hydrogens (tertiary/aromatic N) is 5. The summed E-state index contributed by atoms with van der Waals surface area (Å²) in [5.74, 6) is 0. The summed E-state index contributed by atoms with van der Waals surface area (Å²) in [4.78, 5) is 6.42. The second kappa shape index (κ2) is 5.62. The lowest BCUT2D eigenvalue weighted by Crippen LogP contribution is -2.46. The van der Waals surface area contributed by atoms with E-state index < -0.39 is 6.10 Å². The third-order valence-corrected chi connectivity index (χ3v) is 3.00. The molecule has 1 atom stereocenters. The lowest BCUT2D eigenvalue weighted by Gasteiger charge is -2.14. The van der Waals surface area contributed by atoms with Crippen molar-refractivity contribution in [2.75, 3.05) is 33.4 Å². The number of morpholine rings is 1. The molecular weight excluding hydrogens is 234 g/mol. The molecule has 1 unspecified atom stereocenters. The van der Waals surface area contributed by atoms with Gasteiger partial charge in [0.05, 0.1) is 0 Å². The van der Waals surface area contributed by atoms with E-state index in [0.717, 1.165) is 18.8 Å². The van der Waals surface area contributed by atoms with Gasteiger partial charge in [0.2, 0.25) is 0 Å². The molecule has 1 aliphatic heterocycles. The van der Waals surface area contributed by atoms with Crippen LogP contribution in [0.5, 0.6) is 0 Å². The van der Waals surface area contributed by atoms with E-state index in [1.807, 2.05) is 0 Å². The van der Waals surface area contributed by atoms with E-state index >= 15 is 0 Å². The minimum Gasteiger partial charge on any atom is -0.368 e. The van der Waals surface area contributed by atoms with E-state index in [-0.39, 0.29) is 0 Å². The third-order valence-electron chi connectivity index (χ3n) is 3.00. The Labute approximate surface area is 104 Å². The van der Waals surface area contributed by atoms with Crippen molar-refractivity contribution in [3.63, 3.8) is 0 Å². The van der Waals surface area contributed by atoms with Crippen molar-refractivity contribution < 1.29 is 23.6 Å². The van der Waals surface area contributed by atoms with Crippen molar-refractivity contribution in [2.24, 2.45) is 0 Å². The molecule has 2 aliphatic rings. The Morgan fingerprint density at radius 3 is 2.56 bits per heavy atom. The largest absolute Gasteiger partial charge is 0.402 e. The van der Waals surface area contributed by atoms with Gasteiger partial charge >= 0.3 is 11.4 Å². The van der Waals surface area contributed by atoms with Crippen LogP contribution in [-0.4, -0.2) is 70.8 Å². The van der Waals surface area contributed by atoms with Crippen molar-refractivity contribution in [1.82, 2.24) is 0 Å². The Kier molecular flexibility index (Phi) is 3.92. The Bertz CT molecular complexity index is 502. The normalized spacial score (nSPS) is 23.9. The van der Waals surface area contributed by atoms with Crippen molar-refractivity contribution >= 4 is 17.1 Å². The average molecular weight is 248 g/mol. The maximum absolute atomic E-state index is 9.17. The first-order valence-corrected chi connectivity index (χ1v) is 5.66. The summed E-state index contributed by atoms with van der Waals surface area (Å²) in [6.07, 6.45) is 2.74. The van der Waals surface area contributed by atoms with Gasteiger partial charge in [-0.25, -0.2) is 4.58 Å². The standard InChI is InChI=1S/C11H14N5O2/c1-17-11-8(14-12)2-3-9(10(11)15-13)16-4-6-18-7-5-16/h2-3,11H,4-7H2,1H3/q+1. The molecule has 18 heavy (non-hydrogen) atoms. The summed E-state index contributed by atoms with van der Waals surface area (Å²) in [6.45, 7) is 2.71. The molecule has 7 heteroatoms. The number of allylic oxidation sites excluding steroid dienone is 1. The number of rotatable bonds is 1. The summed E-state index contributed by atoms with van der Waals surface area (Å²) in [6, 6.07) is 0. The molecule has 2 rings (SSSR count). The highest BCUT2D eigenvalue weighted by molar-refractivity contribution is 6.50. The van der Waals surface area contributed by atoms with Gasteiger partial charge in [0, 0.05) is 19.3 Å². The molecule has 1 fully saturated rings. The molecule has 0 spiro atoms. The van der Waals surface area contributed by atoms with Crippen LogP contribution in [0.1, 0.15) is 0 Å². The summed E-state index contributed by atoms with van der Waals surface area (Å²) in [5, 5.41) is 0.